The summed E-state index contributed by atoms with van der Waals surface area (Å²) in [7, 11) is 0. The Hall–Kier alpha value is -1.84. The van der Waals surface area contributed by atoms with Crippen LogP contribution in [-0.4, -0.2) is 17.4 Å². The van der Waals surface area contributed by atoms with Crippen molar-refractivity contribution in [2.45, 2.75) is 70.6 Å². The van der Waals surface area contributed by atoms with Gasteiger partial charge in [-0.2, -0.15) is 0 Å². The molecule has 0 spiro atoms. The third-order valence-corrected chi connectivity index (χ3v) is 3.82. The molecule has 0 aliphatic heterocycles. The molecule has 0 aliphatic carbocycles. The standard InChI is InChI=1S/C19H28O4/c20-16-10-8-6-4-2-1-3-5-7-9-11-17-12-13-18(23-17)14-15-19(21)22/h12-16H,1-11H2,(H,21,22)/b15-14+. The predicted octanol–water partition coefficient (Wildman–Crippen LogP) is 5.02. The number of aliphatic carboxylic acids is 1. The summed E-state index contributed by atoms with van der Waals surface area (Å²) in [5, 5.41) is 8.56. The Labute approximate surface area is 138 Å². The fourth-order valence-corrected chi connectivity index (χ4v) is 2.54. The van der Waals surface area contributed by atoms with Crippen LogP contribution in [0.1, 0.15) is 75.7 Å². The summed E-state index contributed by atoms with van der Waals surface area (Å²) in [4.78, 5) is 20.6. The topological polar surface area (TPSA) is 67.5 Å². The van der Waals surface area contributed by atoms with Crippen molar-refractivity contribution in [3.8, 4) is 0 Å². The van der Waals surface area contributed by atoms with Crippen LogP contribution in [0.25, 0.3) is 6.08 Å². The smallest absolute Gasteiger partial charge is 0.328 e. The van der Waals surface area contributed by atoms with Gasteiger partial charge in [-0.1, -0.05) is 44.9 Å². The van der Waals surface area contributed by atoms with E-state index in [0.29, 0.717) is 12.2 Å². The molecular formula is C19H28O4. The normalized spacial score (nSPS) is 11.1. The first-order valence-corrected chi connectivity index (χ1v) is 8.65. The van der Waals surface area contributed by atoms with Gasteiger partial charge in [0.1, 0.15) is 17.8 Å². The zero-order valence-electron chi connectivity index (χ0n) is 13.8. The highest BCUT2D eigenvalue weighted by molar-refractivity contribution is 5.84. The van der Waals surface area contributed by atoms with Crippen molar-refractivity contribution in [2.24, 2.45) is 0 Å². The summed E-state index contributed by atoms with van der Waals surface area (Å²) >= 11 is 0. The highest BCUT2D eigenvalue weighted by Crippen LogP contribution is 2.15. The van der Waals surface area contributed by atoms with Gasteiger partial charge >= 0.3 is 5.97 Å². The highest BCUT2D eigenvalue weighted by Gasteiger charge is 2.00. The molecule has 0 aliphatic rings. The molecule has 0 unspecified atom stereocenters. The van der Waals surface area contributed by atoms with Crippen LogP contribution in [-0.2, 0) is 16.0 Å². The van der Waals surface area contributed by atoms with Gasteiger partial charge in [-0.05, 0) is 31.1 Å². The Morgan fingerprint density at radius 1 is 0.957 bits per heavy atom. The molecule has 23 heavy (non-hydrogen) atoms. The van der Waals surface area contributed by atoms with Crippen molar-refractivity contribution in [2.75, 3.05) is 0 Å². The molecule has 1 aromatic rings. The largest absolute Gasteiger partial charge is 0.478 e. The van der Waals surface area contributed by atoms with Gasteiger partial charge in [0.15, 0.2) is 0 Å². The molecule has 128 valence electrons. The van der Waals surface area contributed by atoms with Crippen molar-refractivity contribution < 1.29 is 19.1 Å². The first kappa shape index (κ1) is 19.2. The number of rotatable bonds is 14. The molecule has 0 aromatic carbocycles. The molecule has 0 radical (unpaired) electrons. The van der Waals surface area contributed by atoms with Crippen LogP contribution < -0.4 is 0 Å². The minimum Gasteiger partial charge on any atom is -0.478 e. The average Bonchev–Trinajstić information content (AvgIpc) is 2.98. The van der Waals surface area contributed by atoms with Crippen molar-refractivity contribution >= 4 is 18.3 Å². The lowest BCUT2D eigenvalue weighted by Gasteiger charge is -2.01. The van der Waals surface area contributed by atoms with Gasteiger partial charge < -0.3 is 14.3 Å². The summed E-state index contributed by atoms with van der Waals surface area (Å²) in [6, 6.07) is 3.72. The zero-order chi connectivity index (χ0) is 16.8. The fraction of sp³-hybridized carbons (Fsp3) is 0.579. The second kappa shape index (κ2) is 12.7. The molecule has 0 bridgehead atoms. The molecule has 0 amide bonds. The van der Waals surface area contributed by atoms with E-state index in [9.17, 15) is 9.59 Å². The zero-order valence-corrected chi connectivity index (χ0v) is 13.8. The maximum Gasteiger partial charge on any atom is 0.328 e. The lowest BCUT2D eigenvalue weighted by Crippen LogP contribution is -1.85. The van der Waals surface area contributed by atoms with E-state index < -0.39 is 5.97 Å². The molecular weight excluding hydrogens is 292 g/mol. The Bertz CT molecular complexity index is 473. The first-order valence-electron chi connectivity index (χ1n) is 8.65. The maximum atomic E-state index is 10.4. The summed E-state index contributed by atoms with van der Waals surface area (Å²) in [5.41, 5.74) is 0. The van der Waals surface area contributed by atoms with E-state index in [2.05, 4.69) is 0 Å². The summed E-state index contributed by atoms with van der Waals surface area (Å²) in [6.45, 7) is 0. The second-order valence-electron chi connectivity index (χ2n) is 5.86. The lowest BCUT2D eigenvalue weighted by atomic mass is 10.1. The Morgan fingerprint density at radius 2 is 1.57 bits per heavy atom. The molecule has 0 saturated heterocycles. The highest BCUT2D eigenvalue weighted by atomic mass is 16.4. The molecule has 4 nitrogen and oxygen atoms in total. The lowest BCUT2D eigenvalue weighted by molar-refractivity contribution is -0.131. The Kier molecular flexibility index (Phi) is 10.6. The molecule has 1 heterocycles. The number of aldehydes is 1. The number of hydrogen-bond donors (Lipinski definition) is 1. The van der Waals surface area contributed by atoms with E-state index in [4.69, 9.17) is 9.52 Å². The fourth-order valence-electron chi connectivity index (χ4n) is 2.54. The number of carboxylic acid groups (broad SMARTS) is 1. The molecule has 0 fully saturated rings. The molecule has 0 atom stereocenters. The van der Waals surface area contributed by atoms with Crippen LogP contribution >= 0.6 is 0 Å². The van der Waals surface area contributed by atoms with Gasteiger partial charge in [0.25, 0.3) is 0 Å². The molecule has 0 saturated carbocycles. The van der Waals surface area contributed by atoms with E-state index in [1.54, 1.807) is 6.07 Å². The quantitative estimate of drug-likeness (QED) is 0.297. The van der Waals surface area contributed by atoms with Gasteiger partial charge in [0.05, 0.1) is 0 Å². The van der Waals surface area contributed by atoms with Crippen LogP contribution in [0.3, 0.4) is 0 Å². The average molecular weight is 320 g/mol. The number of carbonyl (C=O) groups excluding carboxylic acids is 1. The van der Waals surface area contributed by atoms with Crippen LogP contribution in [0.4, 0.5) is 0 Å². The maximum absolute atomic E-state index is 10.4. The van der Waals surface area contributed by atoms with Gasteiger partial charge in [-0.25, -0.2) is 4.79 Å². The number of unbranched alkanes of at least 4 members (excludes halogenated alkanes) is 9. The van der Waals surface area contributed by atoms with Crippen molar-refractivity contribution in [1.29, 1.82) is 0 Å². The number of carboxylic acids is 1. The number of furan rings is 1. The third-order valence-electron chi connectivity index (χ3n) is 3.82. The molecule has 1 rings (SSSR count). The third kappa shape index (κ3) is 10.5. The van der Waals surface area contributed by atoms with E-state index in [-0.39, 0.29) is 0 Å². The van der Waals surface area contributed by atoms with Gasteiger partial charge in [-0.3, -0.25) is 0 Å². The Balaban J connectivity index is 1.97. The number of aryl methyl sites for hydroxylation is 1. The van der Waals surface area contributed by atoms with Gasteiger partial charge in [0, 0.05) is 18.9 Å². The van der Waals surface area contributed by atoms with Crippen molar-refractivity contribution in [3.05, 3.63) is 29.7 Å². The van der Waals surface area contributed by atoms with Crippen molar-refractivity contribution in [3.63, 3.8) is 0 Å². The van der Waals surface area contributed by atoms with Crippen molar-refractivity contribution in [1.82, 2.24) is 0 Å². The van der Waals surface area contributed by atoms with Gasteiger partial charge in [-0.15, -0.1) is 0 Å². The van der Waals surface area contributed by atoms with Crippen LogP contribution in [0.2, 0.25) is 0 Å². The summed E-state index contributed by atoms with van der Waals surface area (Å²) in [6.07, 6.45) is 16.0. The minimum absolute atomic E-state index is 0.594. The molecule has 1 N–H and O–H groups in total. The minimum atomic E-state index is -0.966. The number of hydrogen-bond acceptors (Lipinski definition) is 3. The molecule has 4 heteroatoms. The SMILES string of the molecule is O=CCCCCCCCCCCCc1ccc(/C=C/C(=O)O)o1. The summed E-state index contributed by atoms with van der Waals surface area (Å²) in [5.74, 6) is 0.550. The summed E-state index contributed by atoms with van der Waals surface area (Å²) < 4.78 is 5.55. The van der Waals surface area contributed by atoms with E-state index in [0.717, 1.165) is 37.4 Å². The van der Waals surface area contributed by atoms with Crippen LogP contribution in [0.15, 0.2) is 22.6 Å². The Morgan fingerprint density at radius 3 is 2.17 bits per heavy atom. The predicted molar refractivity (Wildman–Crippen MR) is 91.3 cm³/mol. The number of carbonyl (C=O) groups is 2. The molecule has 1 aromatic heterocycles. The van der Waals surface area contributed by atoms with E-state index >= 15 is 0 Å². The monoisotopic (exact) mass is 320 g/mol. The first-order chi connectivity index (χ1) is 11.2. The van der Waals surface area contributed by atoms with Crippen LogP contribution in [0.5, 0.6) is 0 Å². The van der Waals surface area contributed by atoms with E-state index in [1.807, 2.05) is 6.07 Å². The van der Waals surface area contributed by atoms with Crippen LogP contribution in [0, 0.1) is 0 Å². The van der Waals surface area contributed by atoms with E-state index in [1.165, 1.54) is 51.0 Å². The van der Waals surface area contributed by atoms with Gasteiger partial charge in [0.2, 0.25) is 0 Å². The second-order valence-corrected chi connectivity index (χ2v) is 5.86.